The van der Waals surface area contributed by atoms with E-state index >= 15 is 0 Å². The SMILES string of the molecule is CC(N[C@@H](CO)Cc1ccccc1)c1ccc(Br)o1. The van der Waals surface area contributed by atoms with Crippen LogP contribution in [0.15, 0.2) is 51.6 Å². The molecule has 0 amide bonds. The molecule has 19 heavy (non-hydrogen) atoms. The molecule has 2 atom stereocenters. The summed E-state index contributed by atoms with van der Waals surface area (Å²) in [6.45, 7) is 2.13. The Balaban J connectivity index is 1.95. The van der Waals surface area contributed by atoms with Gasteiger partial charge in [-0.3, -0.25) is 0 Å². The molecule has 2 rings (SSSR count). The van der Waals surface area contributed by atoms with Crippen molar-refractivity contribution in [3.05, 3.63) is 58.5 Å². The zero-order valence-corrected chi connectivity index (χ0v) is 12.4. The number of hydrogen-bond acceptors (Lipinski definition) is 3. The van der Waals surface area contributed by atoms with Crippen molar-refractivity contribution in [3.63, 3.8) is 0 Å². The number of aliphatic hydroxyl groups excluding tert-OH is 1. The summed E-state index contributed by atoms with van der Waals surface area (Å²) in [6, 6.07) is 14.0. The van der Waals surface area contributed by atoms with E-state index in [2.05, 4.69) is 33.4 Å². The van der Waals surface area contributed by atoms with E-state index in [1.807, 2.05) is 37.3 Å². The van der Waals surface area contributed by atoms with Crippen molar-refractivity contribution in [1.29, 1.82) is 0 Å². The number of hydrogen-bond donors (Lipinski definition) is 2. The van der Waals surface area contributed by atoms with Gasteiger partial charge in [-0.2, -0.15) is 0 Å². The van der Waals surface area contributed by atoms with Crippen LogP contribution in [0.1, 0.15) is 24.3 Å². The number of furan rings is 1. The fourth-order valence-electron chi connectivity index (χ4n) is 2.07. The van der Waals surface area contributed by atoms with Crippen LogP contribution in [0.4, 0.5) is 0 Å². The zero-order chi connectivity index (χ0) is 13.7. The summed E-state index contributed by atoms with van der Waals surface area (Å²) in [4.78, 5) is 0. The minimum Gasteiger partial charge on any atom is -0.453 e. The molecule has 0 aliphatic rings. The van der Waals surface area contributed by atoms with E-state index in [9.17, 15) is 5.11 Å². The Bertz CT molecular complexity index is 498. The molecule has 1 heterocycles. The lowest BCUT2D eigenvalue weighted by atomic mass is 10.1. The van der Waals surface area contributed by atoms with Crippen LogP contribution in [0.3, 0.4) is 0 Å². The molecule has 0 saturated heterocycles. The van der Waals surface area contributed by atoms with Gasteiger partial charge in [0.15, 0.2) is 4.67 Å². The van der Waals surface area contributed by atoms with Crippen LogP contribution in [0.25, 0.3) is 0 Å². The van der Waals surface area contributed by atoms with Crippen LogP contribution < -0.4 is 5.32 Å². The van der Waals surface area contributed by atoms with Crippen molar-refractivity contribution < 1.29 is 9.52 Å². The van der Waals surface area contributed by atoms with E-state index in [1.54, 1.807) is 0 Å². The van der Waals surface area contributed by atoms with Crippen molar-refractivity contribution in [2.75, 3.05) is 6.61 Å². The van der Waals surface area contributed by atoms with E-state index in [4.69, 9.17) is 4.42 Å². The van der Waals surface area contributed by atoms with Crippen LogP contribution in [-0.2, 0) is 6.42 Å². The maximum absolute atomic E-state index is 9.49. The lowest BCUT2D eigenvalue weighted by molar-refractivity contribution is 0.227. The van der Waals surface area contributed by atoms with Crippen LogP contribution in [0.5, 0.6) is 0 Å². The summed E-state index contributed by atoms with van der Waals surface area (Å²) in [6.07, 6.45) is 0.795. The molecular weight excluding hydrogens is 306 g/mol. The highest BCUT2D eigenvalue weighted by atomic mass is 79.9. The molecule has 0 saturated carbocycles. The van der Waals surface area contributed by atoms with Crippen molar-refractivity contribution >= 4 is 15.9 Å². The van der Waals surface area contributed by atoms with Crippen molar-refractivity contribution in [1.82, 2.24) is 5.32 Å². The molecule has 0 aliphatic heterocycles. The predicted octanol–water partition coefficient (Wildman–Crippen LogP) is 3.30. The number of benzene rings is 1. The van der Waals surface area contributed by atoms with Gasteiger partial charge in [-0.1, -0.05) is 30.3 Å². The average Bonchev–Trinajstić information content (AvgIpc) is 2.86. The Morgan fingerprint density at radius 1 is 1.21 bits per heavy atom. The molecule has 1 aromatic heterocycles. The maximum atomic E-state index is 9.49. The lowest BCUT2D eigenvalue weighted by Gasteiger charge is -2.20. The van der Waals surface area contributed by atoms with E-state index in [-0.39, 0.29) is 18.7 Å². The number of aliphatic hydroxyl groups is 1. The molecule has 0 aliphatic carbocycles. The number of nitrogens with one attached hydrogen (secondary N) is 1. The summed E-state index contributed by atoms with van der Waals surface area (Å²) >= 11 is 3.29. The standard InChI is InChI=1S/C15H18BrNO2/c1-11(14-7-8-15(16)19-14)17-13(10-18)9-12-5-3-2-4-6-12/h2-8,11,13,17-18H,9-10H2,1H3/t11?,13-/m1/s1. The van der Waals surface area contributed by atoms with E-state index in [0.717, 1.165) is 16.9 Å². The monoisotopic (exact) mass is 323 g/mol. The van der Waals surface area contributed by atoms with Gasteiger partial charge < -0.3 is 14.8 Å². The molecule has 0 radical (unpaired) electrons. The van der Waals surface area contributed by atoms with E-state index in [1.165, 1.54) is 5.56 Å². The van der Waals surface area contributed by atoms with Gasteiger partial charge in [-0.25, -0.2) is 0 Å². The molecular formula is C15H18BrNO2. The third kappa shape index (κ3) is 4.20. The predicted molar refractivity (Wildman–Crippen MR) is 79.0 cm³/mol. The third-order valence-electron chi connectivity index (χ3n) is 3.05. The third-order valence-corrected chi connectivity index (χ3v) is 3.48. The molecule has 0 bridgehead atoms. The molecule has 2 N–H and O–H groups in total. The summed E-state index contributed by atoms with van der Waals surface area (Å²) in [5.74, 6) is 0.860. The first-order chi connectivity index (χ1) is 9.19. The van der Waals surface area contributed by atoms with Gasteiger partial charge in [0, 0.05) is 6.04 Å². The topological polar surface area (TPSA) is 45.4 Å². The summed E-state index contributed by atoms with van der Waals surface area (Å²) in [7, 11) is 0. The first kappa shape index (κ1) is 14.3. The van der Waals surface area contributed by atoms with E-state index < -0.39 is 0 Å². The van der Waals surface area contributed by atoms with Crippen molar-refractivity contribution in [3.8, 4) is 0 Å². The Kier molecular flexibility index (Phi) is 5.19. The fourth-order valence-corrected chi connectivity index (χ4v) is 2.39. The first-order valence-electron chi connectivity index (χ1n) is 6.35. The smallest absolute Gasteiger partial charge is 0.169 e. The second-order valence-electron chi connectivity index (χ2n) is 4.60. The van der Waals surface area contributed by atoms with Gasteiger partial charge in [0.25, 0.3) is 0 Å². The summed E-state index contributed by atoms with van der Waals surface area (Å²) in [5.41, 5.74) is 1.21. The normalized spacial score (nSPS) is 14.3. The second kappa shape index (κ2) is 6.89. The fraction of sp³-hybridized carbons (Fsp3) is 0.333. The number of rotatable bonds is 6. The quantitative estimate of drug-likeness (QED) is 0.857. The van der Waals surface area contributed by atoms with Crippen LogP contribution in [-0.4, -0.2) is 17.8 Å². The molecule has 3 nitrogen and oxygen atoms in total. The van der Waals surface area contributed by atoms with Gasteiger partial charge in [0.2, 0.25) is 0 Å². The Hall–Kier alpha value is -1.10. The Labute approximate surface area is 121 Å². The Morgan fingerprint density at radius 3 is 2.53 bits per heavy atom. The zero-order valence-electron chi connectivity index (χ0n) is 10.8. The minimum absolute atomic E-state index is 0.0151. The summed E-state index contributed by atoms with van der Waals surface area (Å²) < 4.78 is 6.24. The van der Waals surface area contributed by atoms with Gasteiger partial charge in [0.05, 0.1) is 12.6 Å². The molecule has 102 valence electrons. The highest BCUT2D eigenvalue weighted by molar-refractivity contribution is 9.10. The molecule has 4 heteroatoms. The average molecular weight is 324 g/mol. The first-order valence-corrected chi connectivity index (χ1v) is 7.14. The molecule has 1 unspecified atom stereocenters. The number of halogens is 1. The molecule has 2 aromatic rings. The maximum Gasteiger partial charge on any atom is 0.169 e. The highest BCUT2D eigenvalue weighted by Crippen LogP contribution is 2.20. The van der Waals surface area contributed by atoms with Crippen molar-refractivity contribution in [2.24, 2.45) is 0 Å². The largest absolute Gasteiger partial charge is 0.453 e. The van der Waals surface area contributed by atoms with Crippen LogP contribution >= 0.6 is 15.9 Å². The van der Waals surface area contributed by atoms with Crippen molar-refractivity contribution in [2.45, 2.75) is 25.4 Å². The molecule has 0 spiro atoms. The lowest BCUT2D eigenvalue weighted by Crippen LogP contribution is -2.36. The van der Waals surface area contributed by atoms with Gasteiger partial charge in [-0.15, -0.1) is 0 Å². The second-order valence-corrected chi connectivity index (χ2v) is 5.38. The highest BCUT2D eigenvalue weighted by Gasteiger charge is 2.15. The van der Waals surface area contributed by atoms with Gasteiger partial charge >= 0.3 is 0 Å². The molecule has 1 aromatic carbocycles. The van der Waals surface area contributed by atoms with Gasteiger partial charge in [0.1, 0.15) is 5.76 Å². The van der Waals surface area contributed by atoms with Crippen LogP contribution in [0.2, 0.25) is 0 Å². The molecule has 0 fully saturated rings. The summed E-state index contributed by atoms with van der Waals surface area (Å²) in [5, 5.41) is 12.9. The minimum atomic E-state index is 0.0151. The van der Waals surface area contributed by atoms with E-state index in [0.29, 0.717) is 0 Å². The Morgan fingerprint density at radius 2 is 1.95 bits per heavy atom. The van der Waals surface area contributed by atoms with Crippen LogP contribution in [0, 0.1) is 0 Å². The van der Waals surface area contributed by atoms with Gasteiger partial charge in [-0.05, 0) is 47.0 Å².